The third-order valence-corrected chi connectivity index (χ3v) is 6.17. The largest absolute Gasteiger partial charge is 0.473 e. The highest BCUT2D eigenvalue weighted by atomic mass is 16.5. The molecule has 0 saturated heterocycles. The number of pyridine rings is 1. The smallest absolute Gasteiger partial charge is 0.221 e. The third kappa shape index (κ3) is 5.19. The van der Waals surface area contributed by atoms with E-state index in [2.05, 4.69) is 20.2 Å². The second-order valence-corrected chi connectivity index (χ2v) is 9.71. The van der Waals surface area contributed by atoms with Crippen LogP contribution < -0.4 is 10.5 Å². The van der Waals surface area contributed by atoms with Gasteiger partial charge in [0.2, 0.25) is 5.88 Å². The van der Waals surface area contributed by atoms with E-state index >= 15 is 0 Å². The standard InChI is InChI=1S/C26H36N8O2/c1-14(35)11-28-23-13-33(6)12-15(2)36-26-24(17(4)32-34(26)7)22-10-20-21(9-8-19(23)16(3)27)30-31-25(20)18(5)29-22/h8-10,14-15,35H,11-13,27H2,1-7H3,(H,30,31)/b9-8+,19-16-,28-23?. The topological polar surface area (TPSA) is 130 Å². The molecule has 0 saturated carbocycles. The number of fused-ring (bicyclic) bond motifs is 3. The molecule has 4 rings (SSSR count). The molecule has 2 bridgehead atoms. The molecule has 2 unspecified atom stereocenters. The van der Waals surface area contributed by atoms with E-state index in [9.17, 15) is 5.11 Å². The molecule has 36 heavy (non-hydrogen) atoms. The van der Waals surface area contributed by atoms with Gasteiger partial charge in [-0.15, -0.1) is 0 Å². The monoisotopic (exact) mass is 492 g/mol. The fourth-order valence-electron chi connectivity index (χ4n) is 4.58. The average Bonchev–Trinajstić information content (AvgIpc) is 3.31. The van der Waals surface area contributed by atoms with E-state index in [-0.39, 0.29) is 6.10 Å². The van der Waals surface area contributed by atoms with E-state index in [4.69, 9.17) is 20.4 Å². The lowest BCUT2D eigenvalue weighted by Gasteiger charge is -2.24. The van der Waals surface area contributed by atoms with Gasteiger partial charge in [0.05, 0.1) is 46.7 Å². The molecule has 0 aliphatic carbocycles. The molecular formula is C26H36N8O2. The first-order valence-electron chi connectivity index (χ1n) is 12.2. The van der Waals surface area contributed by atoms with E-state index in [1.165, 1.54) is 0 Å². The molecule has 4 N–H and O–H groups in total. The predicted octanol–water partition coefficient (Wildman–Crippen LogP) is 2.76. The maximum absolute atomic E-state index is 9.89. The van der Waals surface area contributed by atoms with E-state index < -0.39 is 6.10 Å². The predicted molar refractivity (Wildman–Crippen MR) is 143 cm³/mol. The number of rotatable bonds is 2. The summed E-state index contributed by atoms with van der Waals surface area (Å²) in [5.74, 6) is 0.677. The summed E-state index contributed by atoms with van der Waals surface area (Å²) in [6, 6.07) is 2.03. The number of aryl methyl sites for hydroxylation is 3. The number of hydrogen-bond acceptors (Lipinski definition) is 8. The molecule has 10 nitrogen and oxygen atoms in total. The summed E-state index contributed by atoms with van der Waals surface area (Å²) >= 11 is 0. The van der Waals surface area contributed by atoms with Gasteiger partial charge >= 0.3 is 0 Å². The quantitative estimate of drug-likeness (QED) is 0.501. The van der Waals surface area contributed by atoms with Crippen molar-refractivity contribution >= 4 is 22.7 Å². The molecule has 192 valence electrons. The molecule has 10 heteroatoms. The average molecular weight is 493 g/mol. The molecule has 2 atom stereocenters. The van der Waals surface area contributed by atoms with Crippen LogP contribution in [0.3, 0.4) is 0 Å². The Labute approximate surface area is 211 Å². The molecule has 0 aromatic carbocycles. The Morgan fingerprint density at radius 2 is 2.06 bits per heavy atom. The Morgan fingerprint density at radius 3 is 2.75 bits per heavy atom. The summed E-state index contributed by atoms with van der Waals surface area (Å²) in [6.45, 7) is 11.0. The minimum atomic E-state index is -0.554. The van der Waals surface area contributed by atoms with Crippen LogP contribution in [-0.2, 0) is 7.05 Å². The van der Waals surface area contributed by atoms with Crippen molar-refractivity contribution in [2.24, 2.45) is 17.8 Å². The van der Waals surface area contributed by atoms with E-state index in [1.54, 1.807) is 11.6 Å². The molecule has 3 aromatic rings. The van der Waals surface area contributed by atoms with Gasteiger partial charge in [-0.3, -0.25) is 20.0 Å². The van der Waals surface area contributed by atoms with Crippen LogP contribution in [-0.4, -0.2) is 79.6 Å². The van der Waals surface area contributed by atoms with Crippen molar-refractivity contribution in [3.8, 4) is 17.1 Å². The fraction of sp³-hybridized carbons (Fsp3) is 0.462. The summed E-state index contributed by atoms with van der Waals surface area (Å²) in [7, 11) is 3.90. The number of nitrogens with two attached hydrogens (primary N) is 1. The zero-order valence-corrected chi connectivity index (χ0v) is 22.1. The number of hydrogen-bond donors (Lipinski definition) is 3. The zero-order valence-electron chi connectivity index (χ0n) is 22.1. The lowest BCUT2D eigenvalue weighted by molar-refractivity contribution is 0.159. The lowest BCUT2D eigenvalue weighted by atomic mass is 10.0. The number of allylic oxidation sites excluding steroid dienone is 2. The van der Waals surface area contributed by atoms with Gasteiger partial charge in [0, 0.05) is 36.8 Å². The van der Waals surface area contributed by atoms with Crippen LogP contribution in [0.2, 0.25) is 0 Å². The van der Waals surface area contributed by atoms with Crippen LogP contribution in [0, 0.1) is 13.8 Å². The van der Waals surface area contributed by atoms with Crippen LogP contribution in [0.25, 0.3) is 28.2 Å². The normalized spacial score (nSPS) is 21.7. The number of aliphatic hydroxyl groups excluding tert-OH is 1. The number of aromatic amines is 1. The molecule has 1 aliphatic heterocycles. The van der Waals surface area contributed by atoms with Crippen molar-refractivity contribution < 1.29 is 9.84 Å². The minimum Gasteiger partial charge on any atom is -0.473 e. The molecule has 0 spiro atoms. The Hall–Kier alpha value is -3.50. The number of aliphatic hydroxyl groups is 1. The lowest BCUT2D eigenvalue weighted by Crippen LogP contribution is -2.36. The fourth-order valence-corrected chi connectivity index (χ4v) is 4.58. The van der Waals surface area contributed by atoms with Gasteiger partial charge in [0.1, 0.15) is 11.6 Å². The van der Waals surface area contributed by atoms with Crippen LogP contribution in [0.5, 0.6) is 5.88 Å². The molecular weight excluding hydrogens is 456 g/mol. The molecule has 4 heterocycles. The van der Waals surface area contributed by atoms with Crippen molar-refractivity contribution in [3.63, 3.8) is 0 Å². The molecule has 0 amide bonds. The Bertz CT molecular complexity index is 1360. The van der Waals surface area contributed by atoms with Gasteiger partial charge < -0.3 is 15.6 Å². The van der Waals surface area contributed by atoms with E-state index in [0.717, 1.165) is 50.5 Å². The number of likely N-dealkylation sites (N-methyl/N-ethyl adjacent to an activating group) is 1. The highest BCUT2D eigenvalue weighted by molar-refractivity contribution is 6.05. The van der Waals surface area contributed by atoms with Crippen LogP contribution in [0.4, 0.5) is 0 Å². The van der Waals surface area contributed by atoms with Crippen molar-refractivity contribution in [3.05, 3.63) is 40.5 Å². The molecule has 1 aliphatic rings. The van der Waals surface area contributed by atoms with Crippen molar-refractivity contribution in [2.45, 2.75) is 46.8 Å². The highest BCUT2D eigenvalue weighted by Crippen LogP contribution is 2.35. The summed E-state index contributed by atoms with van der Waals surface area (Å²) in [5, 5.41) is 23.1. The Balaban J connectivity index is 1.94. The molecule has 3 aromatic heterocycles. The summed E-state index contributed by atoms with van der Waals surface area (Å²) in [4.78, 5) is 11.7. The van der Waals surface area contributed by atoms with Crippen molar-refractivity contribution in [1.82, 2.24) is 29.9 Å². The number of nitrogens with zero attached hydrogens (tertiary/aromatic N) is 6. The summed E-state index contributed by atoms with van der Waals surface area (Å²) < 4.78 is 8.22. The van der Waals surface area contributed by atoms with Gasteiger partial charge in [-0.05, 0) is 59.9 Å². The van der Waals surface area contributed by atoms with Crippen LogP contribution in [0.1, 0.15) is 37.9 Å². The van der Waals surface area contributed by atoms with Gasteiger partial charge in [0.25, 0.3) is 0 Å². The summed E-state index contributed by atoms with van der Waals surface area (Å²) in [6.07, 6.45) is 3.25. The number of aliphatic imine (C=N–C) groups is 1. The maximum Gasteiger partial charge on any atom is 0.221 e. The van der Waals surface area contributed by atoms with E-state index in [0.29, 0.717) is 31.2 Å². The molecule has 0 fully saturated rings. The maximum atomic E-state index is 9.89. The van der Waals surface area contributed by atoms with Crippen LogP contribution >= 0.6 is 0 Å². The first kappa shape index (κ1) is 25.6. The number of ether oxygens (including phenoxy) is 1. The van der Waals surface area contributed by atoms with E-state index in [1.807, 2.05) is 60.0 Å². The number of aromatic nitrogens is 5. The van der Waals surface area contributed by atoms with Gasteiger partial charge in [0.15, 0.2) is 0 Å². The minimum absolute atomic E-state index is 0.136. The van der Waals surface area contributed by atoms with Crippen molar-refractivity contribution in [1.29, 1.82) is 0 Å². The Kier molecular flexibility index (Phi) is 7.28. The van der Waals surface area contributed by atoms with Gasteiger partial charge in [-0.1, -0.05) is 0 Å². The third-order valence-electron chi connectivity index (χ3n) is 6.17. The first-order chi connectivity index (χ1) is 17.0. The van der Waals surface area contributed by atoms with Crippen molar-refractivity contribution in [2.75, 3.05) is 26.7 Å². The molecule has 0 radical (unpaired) electrons. The second kappa shape index (κ2) is 10.2. The van der Waals surface area contributed by atoms with Gasteiger partial charge in [-0.2, -0.15) is 10.2 Å². The zero-order chi connectivity index (χ0) is 26.1. The second-order valence-electron chi connectivity index (χ2n) is 9.71. The number of H-pyrrole nitrogens is 1. The van der Waals surface area contributed by atoms with Gasteiger partial charge in [-0.25, -0.2) is 4.68 Å². The van der Waals surface area contributed by atoms with Crippen LogP contribution in [0.15, 0.2) is 28.4 Å². The SMILES string of the molecule is C/C(N)=C1\C=C\c2[nH]nc3c(C)nc(cc23)-c2c(C)nn(C)c2OC(C)CN(C)CC1=NCC(C)O. The highest BCUT2D eigenvalue weighted by Gasteiger charge is 2.23. The summed E-state index contributed by atoms with van der Waals surface area (Å²) in [5.41, 5.74) is 13.6. The Morgan fingerprint density at radius 1 is 1.31 bits per heavy atom. The number of nitrogens with one attached hydrogen (secondary N) is 1. The first-order valence-corrected chi connectivity index (χ1v) is 12.2.